The van der Waals surface area contributed by atoms with Crippen LogP contribution in [0.4, 0.5) is 0 Å². The van der Waals surface area contributed by atoms with Crippen LogP contribution in [-0.4, -0.2) is 76.8 Å². The van der Waals surface area contributed by atoms with Gasteiger partial charge in [-0.25, -0.2) is 0 Å². The van der Waals surface area contributed by atoms with Crippen molar-refractivity contribution in [3.05, 3.63) is 86.3 Å². The molecular weight excluding hydrogens is 588 g/mol. The lowest BCUT2D eigenvalue weighted by Gasteiger charge is -2.30. The van der Waals surface area contributed by atoms with E-state index in [1.807, 2.05) is 30.3 Å². The highest BCUT2D eigenvalue weighted by Crippen LogP contribution is 2.34. The van der Waals surface area contributed by atoms with Gasteiger partial charge in [-0.3, -0.25) is 19.8 Å². The molecule has 1 aliphatic rings. The van der Waals surface area contributed by atoms with Crippen molar-refractivity contribution < 1.29 is 15.3 Å². The second kappa shape index (κ2) is 12.5. The van der Waals surface area contributed by atoms with Crippen molar-refractivity contribution in [2.24, 2.45) is 9.98 Å². The summed E-state index contributed by atoms with van der Waals surface area (Å²) in [5.41, 5.74) is 2.19. The Hall–Kier alpha value is -2.72. The molecule has 7 nitrogen and oxygen atoms in total. The Bertz CT molecular complexity index is 1180. The highest BCUT2D eigenvalue weighted by molar-refractivity contribution is 9.10. The van der Waals surface area contributed by atoms with Gasteiger partial charge in [-0.15, -0.1) is 0 Å². The highest BCUT2D eigenvalue weighted by Gasteiger charge is 2.33. The van der Waals surface area contributed by atoms with Gasteiger partial charge in [0, 0.05) is 64.2 Å². The van der Waals surface area contributed by atoms with Crippen LogP contribution in [-0.2, 0) is 0 Å². The number of aliphatic imine (C=N–C) groups is 2. The average Bonchev–Trinajstić information content (AvgIpc) is 3.26. The van der Waals surface area contributed by atoms with E-state index < -0.39 is 0 Å². The molecule has 0 saturated carbocycles. The van der Waals surface area contributed by atoms with Crippen LogP contribution in [0.2, 0.25) is 0 Å². The van der Waals surface area contributed by atoms with E-state index in [0.717, 1.165) is 27.6 Å². The topological polar surface area (TPSA) is 91.9 Å². The van der Waals surface area contributed by atoms with Crippen molar-refractivity contribution in [1.82, 2.24) is 9.80 Å². The molecule has 3 aromatic carbocycles. The Morgan fingerprint density at radius 3 is 1.72 bits per heavy atom. The normalized spacial score (nSPS) is 17.0. The first-order valence-corrected chi connectivity index (χ1v) is 13.2. The Balaban J connectivity index is 1.42. The summed E-state index contributed by atoms with van der Waals surface area (Å²) in [4.78, 5) is 13.7. The minimum atomic E-state index is -0.0878. The van der Waals surface area contributed by atoms with Gasteiger partial charge < -0.3 is 15.3 Å². The zero-order valence-electron chi connectivity index (χ0n) is 19.6. The monoisotopic (exact) mass is 614 g/mol. The Morgan fingerprint density at radius 2 is 1.22 bits per heavy atom. The second-order valence-corrected chi connectivity index (χ2v) is 10.3. The van der Waals surface area contributed by atoms with Gasteiger partial charge in [-0.05, 0) is 42.5 Å². The summed E-state index contributed by atoms with van der Waals surface area (Å²) in [6, 6.07) is 17.9. The smallest absolute Gasteiger partial charge is 0.124 e. The third-order valence-electron chi connectivity index (χ3n) is 6.05. The molecule has 0 atom stereocenters. The third kappa shape index (κ3) is 6.73. The first kappa shape index (κ1) is 26.3. The number of halogens is 2. The van der Waals surface area contributed by atoms with E-state index in [9.17, 15) is 15.3 Å². The van der Waals surface area contributed by atoms with Crippen LogP contribution in [0.15, 0.2) is 79.6 Å². The molecule has 3 N–H and O–H groups in total. The third-order valence-corrected chi connectivity index (χ3v) is 7.04. The molecule has 1 saturated heterocycles. The maximum absolute atomic E-state index is 10.6. The molecule has 1 heterocycles. The maximum Gasteiger partial charge on any atom is 0.124 e. The molecule has 0 aliphatic carbocycles. The van der Waals surface area contributed by atoms with Gasteiger partial charge in [0.05, 0.1) is 19.3 Å². The van der Waals surface area contributed by atoms with E-state index in [0.29, 0.717) is 37.3 Å². The fourth-order valence-corrected chi connectivity index (χ4v) is 5.01. The number of aromatic hydroxyl groups is 3. The van der Waals surface area contributed by atoms with Gasteiger partial charge in [0.25, 0.3) is 0 Å². The number of rotatable bonds is 9. The van der Waals surface area contributed by atoms with Crippen LogP contribution in [0, 0.1) is 0 Å². The van der Waals surface area contributed by atoms with Crippen molar-refractivity contribution in [2.45, 2.75) is 6.17 Å². The van der Waals surface area contributed by atoms with Gasteiger partial charge in [-0.2, -0.15) is 0 Å². The van der Waals surface area contributed by atoms with E-state index in [2.05, 4.69) is 51.6 Å². The minimum Gasteiger partial charge on any atom is -0.508 e. The lowest BCUT2D eigenvalue weighted by molar-refractivity contribution is 0.140. The molecule has 188 valence electrons. The summed E-state index contributed by atoms with van der Waals surface area (Å²) >= 11 is 6.83. The summed E-state index contributed by atoms with van der Waals surface area (Å²) in [5, 5.41) is 30.6. The molecule has 0 unspecified atom stereocenters. The number of para-hydroxylation sites is 1. The Labute approximate surface area is 227 Å². The van der Waals surface area contributed by atoms with E-state index >= 15 is 0 Å². The van der Waals surface area contributed by atoms with Gasteiger partial charge in [0.15, 0.2) is 0 Å². The van der Waals surface area contributed by atoms with Crippen molar-refractivity contribution in [3.8, 4) is 17.2 Å². The predicted molar refractivity (Wildman–Crippen MR) is 151 cm³/mol. The standard InChI is InChI=1S/C27H28Br2N4O3/c28-21-5-7-24(34)19(15-21)17-30-9-11-32-13-14-33(27(32)23-3-1-2-4-26(23)36)12-10-31-18-20-16-22(29)6-8-25(20)35/h1-8,15-18,27,34-36H,9-14H2. The van der Waals surface area contributed by atoms with E-state index in [4.69, 9.17) is 0 Å². The number of hydrogen-bond acceptors (Lipinski definition) is 7. The van der Waals surface area contributed by atoms with Crippen molar-refractivity contribution in [3.63, 3.8) is 0 Å². The van der Waals surface area contributed by atoms with E-state index in [1.54, 1.807) is 42.8 Å². The number of phenolic OH excluding ortho intramolecular Hbond substituents is 3. The molecule has 9 heteroatoms. The summed E-state index contributed by atoms with van der Waals surface area (Å²) in [6.45, 7) is 4.21. The molecule has 1 fully saturated rings. The van der Waals surface area contributed by atoms with Gasteiger partial charge in [0.2, 0.25) is 0 Å². The van der Waals surface area contributed by atoms with Gasteiger partial charge in [-0.1, -0.05) is 50.1 Å². The van der Waals surface area contributed by atoms with Crippen molar-refractivity contribution >= 4 is 44.3 Å². The van der Waals surface area contributed by atoms with E-state index in [1.165, 1.54) is 0 Å². The number of phenols is 3. The quantitative estimate of drug-likeness (QED) is 0.289. The molecule has 36 heavy (non-hydrogen) atoms. The number of nitrogens with zero attached hydrogens (tertiary/aromatic N) is 4. The predicted octanol–water partition coefficient (Wildman–Crippen LogP) is 5.18. The van der Waals surface area contributed by atoms with Crippen LogP contribution in [0.25, 0.3) is 0 Å². The highest BCUT2D eigenvalue weighted by atomic mass is 79.9. The van der Waals surface area contributed by atoms with E-state index in [-0.39, 0.29) is 23.4 Å². The molecule has 1 aliphatic heterocycles. The molecule has 0 bridgehead atoms. The van der Waals surface area contributed by atoms with Crippen molar-refractivity contribution in [1.29, 1.82) is 0 Å². The van der Waals surface area contributed by atoms with Crippen molar-refractivity contribution in [2.75, 3.05) is 39.3 Å². The van der Waals surface area contributed by atoms with Gasteiger partial charge >= 0.3 is 0 Å². The summed E-state index contributed by atoms with van der Waals surface area (Å²) in [7, 11) is 0. The van der Waals surface area contributed by atoms with Crippen LogP contribution in [0.1, 0.15) is 22.9 Å². The maximum atomic E-state index is 10.6. The van der Waals surface area contributed by atoms with Gasteiger partial charge in [0.1, 0.15) is 17.2 Å². The van der Waals surface area contributed by atoms with Crippen LogP contribution in [0.3, 0.4) is 0 Å². The zero-order chi connectivity index (χ0) is 25.5. The number of hydrogen-bond donors (Lipinski definition) is 3. The first-order valence-electron chi connectivity index (χ1n) is 11.6. The summed E-state index contributed by atoms with van der Waals surface area (Å²) < 4.78 is 1.77. The molecular formula is C27H28Br2N4O3. The molecule has 3 aromatic rings. The zero-order valence-corrected chi connectivity index (χ0v) is 22.8. The fraction of sp³-hybridized carbons (Fsp3) is 0.259. The SMILES string of the molecule is Oc1ccc(Br)cc1C=NCCN1CCN(CCN=Cc2cc(Br)ccc2O)C1c1ccccc1O. The molecule has 0 aromatic heterocycles. The minimum absolute atomic E-state index is 0.0878. The largest absolute Gasteiger partial charge is 0.508 e. The Morgan fingerprint density at radius 1 is 0.722 bits per heavy atom. The lowest BCUT2D eigenvalue weighted by Crippen LogP contribution is -2.33. The summed E-state index contributed by atoms with van der Waals surface area (Å²) in [6.07, 6.45) is 3.29. The van der Waals surface area contributed by atoms with Crippen LogP contribution >= 0.6 is 31.9 Å². The lowest BCUT2D eigenvalue weighted by atomic mass is 10.1. The molecule has 0 spiro atoms. The first-order chi connectivity index (χ1) is 17.4. The number of benzene rings is 3. The van der Waals surface area contributed by atoms with Crippen LogP contribution < -0.4 is 0 Å². The summed E-state index contributed by atoms with van der Waals surface area (Å²) in [5.74, 6) is 0.653. The molecule has 0 amide bonds. The Kier molecular flexibility index (Phi) is 9.14. The second-order valence-electron chi connectivity index (χ2n) is 8.48. The molecule has 4 rings (SSSR count). The molecule has 0 radical (unpaired) electrons. The fourth-order valence-electron chi connectivity index (χ4n) is 4.26. The average molecular weight is 616 g/mol. The van der Waals surface area contributed by atoms with Crippen LogP contribution in [0.5, 0.6) is 17.2 Å².